The van der Waals surface area contributed by atoms with E-state index in [2.05, 4.69) is 22.3 Å². The molecular weight excluding hydrogens is 424 g/mol. The smallest absolute Gasteiger partial charge is 0.308 e. The fraction of sp³-hybridized carbons (Fsp3) is 0.500. The van der Waals surface area contributed by atoms with Gasteiger partial charge in [0.2, 0.25) is 0 Å². The Morgan fingerprint density at radius 1 is 1.25 bits per heavy atom. The third kappa shape index (κ3) is 4.66. The highest BCUT2D eigenvalue weighted by Gasteiger charge is 2.49. The quantitative estimate of drug-likeness (QED) is 0.619. The van der Waals surface area contributed by atoms with Crippen LogP contribution in [-0.2, 0) is 14.3 Å². The van der Waals surface area contributed by atoms with Crippen molar-refractivity contribution in [3.8, 4) is 11.3 Å². The zero-order valence-electron chi connectivity index (χ0n) is 18.0. The normalized spacial score (nSPS) is 19.0. The summed E-state index contributed by atoms with van der Waals surface area (Å²) >= 11 is 0. The molecule has 32 heavy (non-hydrogen) atoms. The Morgan fingerprint density at radius 2 is 2.00 bits per heavy atom. The lowest BCUT2D eigenvalue weighted by Gasteiger charge is -2.53. The summed E-state index contributed by atoms with van der Waals surface area (Å²) in [5.41, 5.74) is -0.806. The summed E-state index contributed by atoms with van der Waals surface area (Å²) in [5, 5.41) is 6.61. The lowest BCUT2D eigenvalue weighted by atomic mass is 9.81. The highest BCUT2D eigenvalue weighted by molar-refractivity contribution is 5.94. The average Bonchev–Trinajstić information content (AvgIpc) is 3.15. The van der Waals surface area contributed by atoms with E-state index in [1.807, 2.05) is 0 Å². The van der Waals surface area contributed by atoms with Crippen molar-refractivity contribution >= 4 is 11.9 Å². The van der Waals surface area contributed by atoms with Crippen LogP contribution in [0.5, 0.6) is 0 Å². The number of nitrogens with one attached hydrogen (secondary N) is 1. The highest BCUT2D eigenvalue weighted by Crippen LogP contribution is 2.34. The molecule has 2 fully saturated rings. The summed E-state index contributed by atoms with van der Waals surface area (Å²) in [7, 11) is 0. The number of carbonyl (C=O) groups excluding carboxylic acids is 2. The number of carbonyl (C=O) groups is 2. The summed E-state index contributed by atoms with van der Waals surface area (Å²) in [6, 6.07) is 4.31. The van der Waals surface area contributed by atoms with Crippen molar-refractivity contribution in [1.29, 1.82) is 0 Å². The third-order valence-corrected chi connectivity index (χ3v) is 5.67. The molecule has 0 unspecified atom stereocenters. The monoisotopic (exact) mass is 449 g/mol. The maximum atomic E-state index is 14.0. The number of esters is 1. The van der Waals surface area contributed by atoms with Crippen molar-refractivity contribution in [2.75, 3.05) is 39.5 Å². The molecule has 4 rings (SSSR count). The number of aromatic nitrogens is 1. The van der Waals surface area contributed by atoms with Gasteiger partial charge in [0.15, 0.2) is 11.5 Å². The van der Waals surface area contributed by atoms with Gasteiger partial charge in [0.05, 0.1) is 37.3 Å². The summed E-state index contributed by atoms with van der Waals surface area (Å²) in [4.78, 5) is 27.2. The minimum Gasteiger partial charge on any atom is -0.466 e. The molecule has 0 bridgehead atoms. The maximum Gasteiger partial charge on any atom is 0.308 e. The van der Waals surface area contributed by atoms with Crippen LogP contribution >= 0.6 is 0 Å². The van der Waals surface area contributed by atoms with Crippen LogP contribution in [-0.4, -0.2) is 66.9 Å². The van der Waals surface area contributed by atoms with E-state index in [0.717, 1.165) is 18.7 Å². The fourth-order valence-corrected chi connectivity index (χ4v) is 4.23. The molecule has 0 spiro atoms. The van der Waals surface area contributed by atoms with E-state index in [1.54, 1.807) is 6.92 Å². The molecule has 2 saturated heterocycles. The van der Waals surface area contributed by atoms with E-state index >= 15 is 0 Å². The first kappa shape index (κ1) is 22.3. The molecule has 0 aliphatic carbocycles. The summed E-state index contributed by atoms with van der Waals surface area (Å²) in [6.45, 7) is 7.22. The first-order valence-electron chi connectivity index (χ1n) is 10.4. The molecular formula is C22H25F2N3O5. The lowest BCUT2D eigenvalue weighted by molar-refractivity contribution is -0.150. The van der Waals surface area contributed by atoms with E-state index in [4.69, 9.17) is 14.0 Å². The van der Waals surface area contributed by atoms with Crippen molar-refractivity contribution in [2.24, 2.45) is 5.41 Å². The Labute approximate surface area is 183 Å². The summed E-state index contributed by atoms with van der Waals surface area (Å²) < 4.78 is 42.6. The Morgan fingerprint density at radius 3 is 2.62 bits per heavy atom. The first-order chi connectivity index (χ1) is 15.2. The number of nitrogens with zero attached hydrogens (tertiary/aromatic N) is 2. The molecule has 2 aliphatic rings. The molecule has 8 nitrogen and oxygen atoms in total. The van der Waals surface area contributed by atoms with Crippen LogP contribution in [0.4, 0.5) is 8.78 Å². The van der Waals surface area contributed by atoms with Gasteiger partial charge in [0, 0.05) is 37.2 Å². The number of rotatable bonds is 8. The zero-order valence-corrected chi connectivity index (χ0v) is 18.0. The number of ether oxygens (including phenoxy) is 2. The number of hydrogen-bond acceptors (Lipinski definition) is 7. The van der Waals surface area contributed by atoms with Gasteiger partial charge in [-0.2, -0.15) is 0 Å². The predicted molar refractivity (Wildman–Crippen MR) is 109 cm³/mol. The second-order valence-corrected chi connectivity index (χ2v) is 8.87. The van der Waals surface area contributed by atoms with Gasteiger partial charge in [-0.25, -0.2) is 8.78 Å². The van der Waals surface area contributed by atoms with E-state index in [0.29, 0.717) is 26.3 Å². The molecule has 2 aliphatic heterocycles. The summed E-state index contributed by atoms with van der Waals surface area (Å²) in [5.74, 6) is -2.50. The van der Waals surface area contributed by atoms with Crippen LogP contribution in [0, 0.1) is 17.0 Å². The second kappa shape index (κ2) is 8.59. The van der Waals surface area contributed by atoms with Crippen LogP contribution in [0.25, 0.3) is 11.3 Å². The van der Waals surface area contributed by atoms with Crippen molar-refractivity contribution in [3.63, 3.8) is 0 Å². The molecule has 1 aromatic carbocycles. The van der Waals surface area contributed by atoms with Gasteiger partial charge in [-0.1, -0.05) is 12.1 Å². The number of hydrogen-bond donors (Lipinski definition) is 1. The SMILES string of the molecule is CCOC(=O)CC1(NC(=O)c2cc(-c3ccc(F)cc3F)on2)CN(CC2(C)COC2)C1. The fourth-order valence-electron chi connectivity index (χ4n) is 4.23. The van der Waals surface area contributed by atoms with Gasteiger partial charge in [0.1, 0.15) is 11.6 Å². The molecule has 1 amide bonds. The molecule has 2 aromatic rings. The van der Waals surface area contributed by atoms with Crippen molar-refractivity contribution in [2.45, 2.75) is 25.8 Å². The van der Waals surface area contributed by atoms with Crippen LogP contribution in [0.3, 0.4) is 0 Å². The Kier molecular flexibility index (Phi) is 6.00. The van der Waals surface area contributed by atoms with E-state index < -0.39 is 29.0 Å². The van der Waals surface area contributed by atoms with Crippen molar-refractivity contribution < 1.29 is 32.4 Å². The Bertz CT molecular complexity index is 1010. The van der Waals surface area contributed by atoms with Crippen molar-refractivity contribution in [3.05, 3.63) is 41.6 Å². The molecule has 1 N–H and O–H groups in total. The topological polar surface area (TPSA) is 93.9 Å². The highest BCUT2D eigenvalue weighted by atomic mass is 19.1. The lowest BCUT2D eigenvalue weighted by Crippen LogP contribution is -2.72. The van der Waals surface area contributed by atoms with Crippen LogP contribution in [0.15, 0.2) is 28.8 Å². The van der Waals surface area contributed by atoms with Gasteiger partial charge >= 0.3 is 5.97 Å². The van der Waals surface area contributed by atoms with E-state index in [9.17, 15) is 18.4 Å². The van der Waals surface area contributed by atoms with Crippen LogP contribution in [0.1, 0.15) is 30.8 Å². The van der Waals surface area contributed by atoms with Gasteiger partial charge in [0.25, 0.3) is 5.91 Å². The largest absolute Gasteiger partial charge is 0.466 e. The molecule has 0 saturated carbocycles. The standard InChI is InChI=1S/C22H25F2N3O5/c1-3-31-19(28)8-22(10-27(11-22)9-21(2)12-30-13-21)25-20(29)17-7-18(32-26-17)15-5-4-14(23)6-16(15)24/h4-7H,3,8-13H2,1-2H3,(H,25,29). The molecule has 172 valence electrons. The van der Waals surface area contributed by atoms with Crippen molar-refractivity contribution in [1.82, 2.24) is 15.4 Å². The minimum absolute atomic E-state index is 0.000219. The second-order valence-electron chi connectivity index (χ2n) is 8.87. The van der Waals surface area contributed by atoms with Crippen LogP contribution in [0.2, 0.25) is 0 Å². The third-order valence-electron chi connectivity index (χ3n) is 5.67. The first-order valence-corrected chi connectivity index (χ1v) is 10.4. The van der Waals surface area contributed by atoms with Crippen LogP contribution < -0.4 is 5.32 Å². The molecule has 0 radical (unpaired) electrons. The van der Waals surface area contributed by atoms with E-state index in [-0.39, 0.29) is 35.5 Å². The summed E-state index contributed by atoms with van der Waals surface area (Å²) in [6.07, 6.45) is 0.0214. The number of halogens is 2. The molecule has 10 heteroatoms. The molecule has 0 atom stereocenters. The Hall–Kier alpha value is -2.85. The zero-order chi connectivity index (χ0) is 22.9. The number of amides is 1. The number of likely N-dealkylation sites (tertiary alicyclic amines) is 1. The van der Waals surface area contributed by atoms with E-state index in [1.165, 1.54) is 12.1 Å². The average molecular weight is 449 g/mol. The maximum absolute atomic E-state index is 14.0. The minimum atomic E-state index is -0.824. The Balaban J connectivity index is 1.45. The predicted octanol–water partition coefficient (Wildman–Crippen LogP) is 2.39. The van der Waals surface area contributed by atoms with Gasteiger partial charge in [-0.3, -0.25) is 14.5 Å². The van der Waals surface area contributed by atoms with Gasteiger partial charge in [-0.15, -0.1) is 0 Å². The van der Waals surface area contributed by atoms with Gasteiger partial charge in [-0.05, 0) is 19.1 Å². The number of benzene rings is 1. The van der Waals surface area contributed by atoms with Gasteiger partial charge < -0.3 is 19.3 Å². The molecule has 1 aromatic heterocycles. The molecule has 3 heterocycles.